The van der Waals surface area contributed by atoms with Crippen LogP contribution in [0.5, 0.6) is 0 Å². The van der Waals surface area contributed by atoms with Gasteiger partial charge in [-0.05, 0) is 11.6 Å². The fraction of sp³-hybridized carbons (Fsp3) is 0.125. The first-order chi connectivity index (χ1) is 6.18. The zero-order chi connectivity index (χ0) is 9.42. The molecule has 0 radical (unpaired) electrons. The van der Waals surface area contributed by atoms with Crippen LogP contribution in [0.15, 0.2) is 18.2 Å². The molecule has 1 aromatic rings. The summed E-state index contributed by atoms with van der Waals surface area (Å²) in [5.41, 5.74) is 7.42. The highest BCUT2D eigenvalue weighted by Gasteiger charge is 2.31. The zero-order valence-corrected chi connectivity index (χ0v) is 6.86. The van der Waals surface area contributed by atoms with Crippen LogP contribution in [-0.4, -0.2) is 18.1 Å². The Kier molecular flexibility index (Phi) is 1.74. The quantitative estimate of drug-likeness (QED) is 0.396. The van der Waals surface area contributed by atoms with E-state index in [9.17, 15) is 9.82 Å². The molecule has 4 nitrogen and oxygen atoms in total. The molecular formula is C8H8BNO3. The average molecular weight is 177 g/mol. The number of fused-ring (bicyclic) bond motifs is 1. The van der Waals surface area contributed by atoms with Crippen molar-refractivity contribution in [2.45, 2.75) is 6.42 Å². The van der Waals surface area contributed by atoms with E-state index in [1.165, 1.54) is 0 Å². The Morgan fingerprint density at radius 3 is 3.08 bits per heavy atom. The Bertz CT molecular complexity index is 366. The summed E-state index contributed by atoms with van der Waals surface area (Å²) in [4.78, 5) is 11.0. The molecule has 0 fully saturated rings. The van der Waals surface area contributed by atoms with Crippen molar-refractivity contribution in [2.24, 2.45) is 0 Å². The van der Waals surface area contributed by atoms with Crippen molar-refractivity contribution < 1.29 is 14.5 Å². The van der Waals surface area contributed by atoms with E-state index in [0.29, 0.717) is 16.7 Å². The molecule has 0 bridgehead atoms. The summed E-state index contributed by atoms with van der Waals surface area (Å²) in [5.74, 6) is -0.446. The predicted octanol–water partition coefficient (Wildman–Crippen LogP) is -0.944. The first-order valence-electron chi connectivity index (χ1n) is 3.93. The van der Waals surface area contributed by atoms with Crippen LogP contribution >= 0.6 is 0 Å². The van der Waals surface area contributed by atoms with Crippen molar-refractivity contribution in [2.75, 3.05) is 5.73 Å². The van der Waals surface area contributed by atoms with E-state index in [-0.39, 0.29) is 6.42 Å². The molecule has 5 heteroatoms. The lowest BCUT2D eigenvalue weighted by atomic mass is 9.73. The molecular weight excluding hydrogens is 169 g/mol. The van der Waals surface area contributed by atoms with E-state index in [1.807, 2.05) is 0 Å². The van der Waals surface area contributed by atoms with Crippen molar-refractivity contribution in [3.8, 4) is 0 Å². The number of benzene rings is 1. The van der Waals surface area contributed by atoms with Crippen LogP contribution in [0, 0.1) is 0 Å². The molecule has 0 amide bonds. The largest absolute Gasteiger partial charge is 0.562 e. The Hall–Kier alpha value is -1.49. The number of hydrogen-bond donors (Lipinski definition) is 2. The molecule has 0 aliphatic carbocycles. The molecule has 13 heavy (non-hydrogen) atoms. The van der Waals surface area contributed by atoms with Crippen LogP contribution in [0.1, 0.15) is 5.56 Å². The molecule has 0 saturated heterocycles. The van der Waals surface area contributed by atoms with Gasteiger partial charge in [0.25, 0.3) is 5.97 Å². The number of carbonyl (C=O) groups is 1. The summed E-state index contributed by atoms with van der Waals surface area (Å²) >= 11 is 0. The Morgan fingerprint density at radius 1 is 1.54 bits per heavy atom. The van der Waals surface area contributed by atoms with Crippen LogP contribution in [0.4, 0.5) is 5.69 Å². The van der Waals surface area contributed by atoms with Gasteiger partial charge in [0.15, 0.2) is 0 Å². The van der Waals surface area contributed by atoms with Gasteiger partial charge in [0.1, 0.15) is 0 Å². The molecule has 0 aromatic heterocycles. The van der Waals surface area contributed by atoms with E-state index in [0.717, 1.165) is 0 Å². The van der Waals surface area contributed by atoms with Gasteiger partial charge in [-0.15, -0.1) is 0 Å². The molecule has 3 N–H and O–H groups in total. The van der Waals surface area contributed by atoms with Crippen LogP contribution < -0.4 is 11.2 Å². The summed E-state index contributed by atoms with van der Waals surface area (Å²) in [6, 6.07) is 5.11. The second-order valence-corrected chi connectivity index (χ2v) is 2.93. The van der Waals surface area contributed by atoms with E-state index in [4.69, 9.17) is 5.73 Å². The minimum atomic E-state index is -1.17. The second kappa shape index (κ2) is 2.78. The van der Waals surface area contributed by atoms with Gasteiger partial charge in [0.05, 0.1) is 6.42 Å². The third-order valence-electron chi connectivity index (χ3n) is 2.08. The summed E-state index contributed by atoms with van der Waals surface area (Å²) in [5, 5.41) is 9.36. The molecule has 0 atom stereocenters. The molecule has 1 aliphatic heterocycles. The molecule has 66 valence electrons. The highest BCUT2D eigenvalue weighted by molar-refractivity contribution is 6.63. The van der Waals surface area contributed by atoms with Crippen molar-refractivity contribution >= 4 is 24.2 Å². The van der Waals surface area contributed by atoms with Crippen LogP contribution in [0.3, 0.4) is 0 Å². The van der Waals surface area contributed by atoms with E-state index in [2.05, 4.69) is 4.65 Å². The third kappa shape index (κ3) is 1.27. The highest BCUT2D eigenvalue weighted by Crippen LogP contribution is 2.14. The average Bonchev–Trinajstić information content (AvgIpc) is 2.07. The number of hydrogen-bond acceptors (Lipinski definition) is 4. The van der Waals surface area contributed by atoms with Crippen LogP contribution in [0.25, 0.3) is 0 Å². The molecule has 0 unspecified atom stereocenters. The van der Waals surface area contributed by atoms with Crippen molar-refractivity contribution in [1.29, 1.82) is 0 Å². The first-order valence-corrected chi connectivity index (χ1v) is 3.93. The van der Waals surface area contributed by atoms with Gasteiger partial charge in [-0.2, -0.15) is 0 Å². The van der Waals surface area contributed by atoms with Gasteiger partial charge in [-0.1, -0.05) is 12.1 Å². The lowest BCUT2D eigenvalue weighted by Crippen LogP contribution is -2.43. The molecule has 0 spiro atoms. The van der Waals surface area contributed by atoms with Gasteiger partial charge in [0.2, 0.25) is 0 Å². The SMILES string of the molecule is Nc1cccc2c1CC(=O)OB2O. The van der Waals surface area contributed by atoms with E-state index < -0.39 is 13.1 Å². The second-order valence-electron chi connectivity index (χ2n) is 2.93. The van der Waals surface area contributed by atoms with Gasteiger partial charge in [-0.3, -0.25) is 4.79 Å². The van der Waals surface area contributed by atoms with E-state index >= 15 is 0 Å². The van der Waals surface area contributed by atoms with Gasteiger partial charge in [-0.25, -0.2) is 0 Å². The normalized spacial score (nSPS) is 15.2. The predicted molar refractivity (Wildman–Crippen MR) is 48.3 cm³/mol. The van der Waals surface area contributed by atoms with E-state index in [1.54, 1.807) is 18.2 Å². The zero-order valence-electron chi connectivity index (χ0n) is 6.86. The monoisotopic (exact) mass is 177 g/mol. The van der Waals surface area contributed by atoms with Crippen molar-refractivity contribution in [3.05, 3.63) is 23.8 Å². The fourth-order valence-corrected chi connectivity index (χ4v) is 1.43. The number of anilines is 1. The number of carbonyl (C=O) groups excluding carboxylic acids is 1. The topological polar surface area (TPSA) is 72.6 Å². The van der Waals surface area contributed by atoms with Gasteiger partial charge in [0, 0.05) is 11.2 Å². The molecule has 1 aromatic carbocycles. The van der Waals surface area contributed by atoms with Crippen molar-refractivity contribution in [1.82, 2.24) is 0 Å². The number of nitrogens with two attached hydrogens (primary N) is 1. The molecule has 2 rings (SSSR count). The summed E-state index contributed by atoms with van der Waals surface area (Å²) in [6.45, 7) is 0. The maximum atomic E-state index is 11.0. The van der Waals surface area contributed by atoms with Crippen LogP contribution in [-0.2, 0) is 15.9 Å². The Labute approximate surface area is 75.5 Å². The summed E-state index contributed by atoms with van der Waals surface area (Å²) in [6.07, 6.45) is 0.138. The number of nitrogen functional groups attached to an aromatic ring is 1. The van der Waals surface area contributed by atoms with Gasteiger partial charge < -0.3 is 15.4 Å². The molecule has 1 heterocycles. The molecule has 0 saturated carbocycles. The van der Waals surface area contributed by atoms with Crippen LogP contribution in [0.2, 0.25) is 0 Å². The standard InChI is InChI=1S/C8H8BNO3/c10-7-3-1-2-6-5(7)4-8(11)13-9(6)12/h1-3,12H,4,10H2. The minimum Gasteiger partial charge on any atom is -0.506 e. The Balaban J connectivity index is 2.54. The third-order valence-corrected chi connectivity index (χ3v) is 2.08. The number of rotatable bonds is 0. The minimum absolute atomic E-state index is 0.138. The molecule has 1 aliphatic rings. The summed E-state index contributed by atoms with van der Waals surface area (Å²) < 4.78 is 4.63. The first kappa shape index (κ1) is 8.13. The lowest BCUT2D eigenvalue weighted by Gasteiger charge is -2.19. The lowest BCUT2D eigenvalue weighted by molar-refractivity contribution is -0.135. The smallest absolute Gasteiger partial charge is 0.506 e. The fourth-order valence-electron chi connectivity index (χ4n) is 1.43. The Morgan fingerprint density at radius 2 is 2.31 bits per heavy atom. The maximum Gasteiger partial charge on any atom is 0.562 e. The highest BCUT2D eigenvalue weighted by atomic mass is 16.6. The van der Waals surface area contributed by atoms with Crippen molar-refractivity contribution in [3.63, 3.8) is 0 Å². The maximum absolute atomic E-state index is 11.0. The summed E-state index contributed by atoms with van der Waals surface area (Å²) in [7, 11) is -1.17. The van der Waals surface area contributed by atoms with Gasteiger partial charge >= 0.3 is 7.12 Å².